The predicted molar refractivity (Wildman–Crippen MR) is 81.4 cm³/mol. The Kier molecular flexibility index (Phi) is 6.65. The molecule has 21 heavy (non-hydrogen) atoms. The summed E-state index contributed by atoms with van der Waals surface area (Å²) < 4.78 is 5.80. The van der Waals surface area contributed by atoms with Crippen LogP contribution in [-0.4, -0.2) is 34.4 Å². The number of aliphatic hydroxyl groups is 1. The van der Waals surface area contributed by atoms with Crippen molar-refractivity contribution in [2.75, 3.05) is 6.54 Å². The van der Waals surface area contributed by atoms with Gasteiger partial charge in [-0.15, -0.1) is 0 Å². The summed E-state index contributed by atoms with van der Waals surface area (Å²) in [5.41, 5.74) is -0.327. The van der Waals surface area contributed by atoms with Crippen LogP contribution in [-0.2, 0) is 11.4 Å². The fourth-order valence-electron chi connectivity index (χ4n) is 2.22. The van der Waals surface area contributed by atoms with E-state index in [4.69, 9.17) is 4.74 Å². The van der Waals surface area contributed by atoms with Crippen molar-refractivity contribution >= 4 is 5.97 Å². The highest BCUT2D eigenvalue weighted by Crippen LogP contribution is 2.22. The maximum atomic E-state index is 11.5. The number of carboxylic acid groups (broad SMARTS) is 1. The lowest BCUT2D eigenvalue weighted by Gasteiger charge is -2.29. The van der Waals surface area contributed by atoms with Crippen molar-refractivity contribution in [3.63, 3.8) is 0 Å². The number of aliphatic carboxylic acids is 1. The topological polar surface area (TPSA) is 78.8 Å². The summed E-state index contributed by atoms with van der Waals surface area (Å²) in [7, 11) is 0. The molecule has 0 amide bonds. The first-order chi connectivity index (χ1) is 9.92. The lowest BCUT2D eigenvalue weighted by molar-refractivity contribution is -0.145. The van der Waals surface area contributed by atoms with Gasteiger partial charge in [0.05, 0.1) is 12.7 Å². The SMILES string of the molecule is CCCNC(C)(CC(C)Oc1ccccc1CO)C(=O)O. The van der Waals surface area contributed by atoms with E-state index >= 15 is 0 Å². The zero-order valence-corrected chi connectivity index (χ0v) is 12.9. The smallest absolute Gasteiger partial charge is 0.323 e. The van der Waals surface area contributed by atoms with E-state index in [0.717, 1.165) is 6.42 Å². The monoisotopic (exact) mass is 295 g/mol. The predicted octanol–water partition coefficient (Wildman–Crippen LogP) is 2.18. The van der Waals surface area contributed by atoms with Crippen LogP contribution in [0.5, 0.6) is 5.75 Å². The van der Waals surface area contributed by atoms with E-state index in [1.54, 1.807) is 19.1 Å². The van der Waals surface area contributed by atoms with Crippen molar-refractivity contribution in [1.29, 1.82) is 0 Å². The molecule has 2 unspecified atom stereocenters. The second-order valence-corrected chi connectivity index (χ2v) is 5.46. The third-order valence-electron chi connectivity index (χ3n) is 3.40. The maximum absolute atomic E-state index is 11.5. The zero-order valence-electron chi connectivity index (χ0n) is 12.9. The Bertz CT molecular complexity index is 463. The largest absolute Gasteiger partial charge is 0.490 e. The molecular formula is C16H25NO4. The molecule has 0 aliphatic rings. The van der Waals surface area contributed by atoms with Gasteiger partial charge in [0.15, 0.2) is 0 Å². The number of carbonyl (C=O) groups is 1. The van der Waals surface area contributed by atoms with Gasteiger partial charge in [-0.3, -0.25) is 4.79 Å². The molecule has 5 nitrogen and oxygen atoms in total. The minimum atomic E-state index is -1.02. The summed E-state index contributed by atoms with van der Waals surface area (Å²) in [6.07, 6.45) is 0.913. The van der Waals surface area contributed by atoms with Crippen LogP contribution in [0.3, 0.4) is 0 Å². The molecule has 0 fully saturated rings. The van der Waals surface area contributed by atoms with E-state index in [9.17, 15) is 15.0 Å². The molecule has 0 aromatic heterocycles. The molecule has 1 aromatic rings. The van der Waals surface area contributed by atoms with E-state index < -0.39 is 11.5 Å². The molecule has 0 saturated carbocycles. The molecule has 2 atom stereocenters. The summed E-state index contributed by atoms with van der Waals surface area (Å²) in [6, 6.07) is 7.22. The van der Waals surface area contributed by atoms with Gasteiger partial charge in [0.1, 0.15) is 11.3 Å². The Labute approximate surface area is 125 Å². The average Bonchev–Trinajstić information content (AvgIpc) is 2.45. The van der Waals surface area contributed by atoms with Crippen molar-refractivity contribution in [1.82, 2.24) is 5.32 Å². The van der Waals surface area contributed by atoms with Gasteiger partial charge in [-0.05, 0) is 32.9 Å². The van der Waals surface area contributed by atoms with E-state index in [0.29, 0.717) is 24.3 Å². The first-order valence-corrected chi connectivity index (χ1v) is 7.26. The highest BCUT2D eigenvalue weighted by atomic mass is 16.5. The molecule has 3 N–H and O–H groups in total. The van der Waals surface area contributed by atoms with Gasteiger partial charge in [-0.25, -0.2) is 0 Å². The van der Waals surface area contributed by atoms with Crippen LogP contribution < -0.4 is 10.1 Å². The van der Waals surface area contributed by atoms with Gasteiger partial charge in [0, 0.05) is 12.0 Å². The van der Waals surface area contributed by atoms with Crippen LogP contribution in [0.15, 0.2) is 24.3 Å². The molecular weight excluding hydrogens is 270 g/mol. The molecule has 5 heteroatoms. The Hall–Kier alpha value is -1.59. The second kappa shape index (κ2) is 8.00. The van der Waals surface area contributed by atoms with Crippen LogP contribution in [0.4, 0.5) is 0 Å². The number of hydrogen-bond donors (Lipinski definition) is 3. The zero-order chi connectivity index (χ0) is 15.9. The summed E-state index contributed by atoms with van der Waals surface area (Å²) in [4.78, 5) is 11.5. The van der Waals surface area contributed by atoms with Crippen molar-refractivity contribution in [2.45, 2.75) is 51.9 Å². The van der Waals surface area contributed by atoms with E-state index in [2.05, 4.69) is 5.32 Å². The molecule has 0 heterocycles. The van der Waals surface area contributed by atoms with E-state index in [1.807, 2.05) is 26.0 Å². The van der Waals surface area contributed by atoms with Crippen molar-refractivity contribution in [3.8, 4) is 5.75 Å². The highest BCUT2D eigenvalue weighted by molar-refractivity contribution is 5.78. The first-order valence-electron chi connectivity index (χ1n) is 7.26. The Morgan fingerprint density at radius 2 is 2.10 bits per heavy atom. The standard InChI is InChI=1S/C16H25NO4/c1-4-9-17-16(3,15(19)20)10-12(2)21-14-8-6-5-7-13(14)11-18/h5-8,12,17-18H,4,9-11H2,1-3H3,(H,19,20). The van der Waals surface area contributed by atoms with Crippen LogP contribution in [0.2, 0.25) is 0 Å². The summed E-state index contributed by atoms with van der Waals surface area (Å²) in [5.74, 6) is -0.294. The molecule has 0 aliphatic carbocycles. The number of para-hydroxylation sites is 1. The van der Waals surface area contributed by atoms with Crippen LogP contribution in [0.25, 0.3) is 0 Å². The van der Waals surface area contributed by atoms with Gasteiger partial charge in [0.25, 0.3) is 0 Å². The maximum Gasteiger partial charge on any atom is 0.323 e. The fraction of sp³-hybridized carbons (Fsp3) is 0.562. The Morgan fingerprint density at radius 3 is 2.67 bits per heavy atom. The quantitative estimate of drug-likeness (QED) is 0.651. The Balaban J connectivity index is 2.74. The molecule has 118 valence electrons. The fourth-order valence-corrected chi connectivity index (χ4v) is 2.22. The Morgan fingerprint density at radius 1 is 1.43 bits per heavy atom. The highest BCUT2D eigenvalue weighted by Gasteiger charge is 2.34. The molecule has 1 aromatic carbocycles. The van der Waals surface area contributed by atoms with Crippen molar-refractivity contribution in [2.24, 2.45) is 0 Å². The van der Waals surface area contributed by atoms with Crippen LogP contribution in [0.1, 0.15) is 39.2 Å². The minimum absolute atomic E-state index is 0.104. The van der Waals surface area contributed by atoms with Gasteiger partial charge in [-0.2, -0.15) is 0 Å². The lowest BCUT2D eigenvalue weighted by Crippen LogP contribution is -2.52. The third-order valence-corrected chi connectivity index (χ3v) is 3.40. The normalized spacial score (nSPS) is 15.2. The number of carboxylic acids is 1. The summed E-state index contributed by atoms with van der Waals surface area (Å²) in [6.45, 7) is 6.04. The molecule has 1 rings (SSSR count). The van der Waals surface area contributed by atoms with Crippen LogP contribution >= 0.6 is 0 Å². The van der Waals surface area contributed by atoms with E-state index in [-0.39, 0.29) is 12.7 Å². The van der Waals surface area contributed by atoms with Gasteiger partial charge >= 0.3 is 5.97 Å². The number of nitrogens with one attached hydrogen (secondary N) is 1. The van der Waals surface area contributed by atoms with Crippen LogP contribution in [0, 0.1) is 0 Å². The third kappa shape index (κ3) is 5.02. The van der Waals surface area contributed by atoms with Gasteiger partial charge in [-0.1, -0.05) is 25.1 Å². The minimum Gasteiger partial charge on any atom is -0.490 e. The van der Waals surface area contributed by atoms with Crippen molar-refractivity contribution < 1.29 is 19.7 Å². The first kappa shape index (κ1) is 17.5. The van der Waals surface area contributed by atoms with Gasteiger partial charge < -0.3 is 20.3 Å². The molecule has 0 bridgehead atoms. The number of rotatable bonds is 9. The molecule has 0 spiro atoms. The number of ether oxygens (including phenoxy) is 1. The molecule has 0 radical (unpaired) electrons. The lowest BCUT2D eigenvalue weighted by atomic mass is 9.94. The summed E-state index contributed by atoms with van der Waals surface area (Å²) in [5, 5.41) is 21.8. The number of benzene rings is 1. The van der Waals surface area contributed by atoms with Crippen molar-refractivity contribution in [3.05, 3.63) is 29.8 Å². The van der Waals surface area contributed by atoms with E-state index in [1.165, 1.54) is 0 Å². The number of aliphatic hydroxyl groups excluding tert-OH is 1. The average molecular weight is 295 g/mol. The number of hydrogen-bond acceptors (Lipinski definition) is 4. The molecule has 0 aliphatic heterocycles. The summed E-state index contributed by atoms with van der Waals surface area (Å²) >= 11 is 0. The molecule has 0 saturated heterocycles. The second-order valence-electron chi connectivity index (χ2n) is 5.46. The van der Waals surface area contributed by atoms with Gasteiger partial charge in [0.2, 0.25) is 0 Å².